The van der Waals surface area contributed by atoms with Gasteiger partial charge in [-0.05, 0) is 19.9 Å². The topological polar surface area (TPSA) is 98.7 Å². The standard InChI is InChI=1S/C12H23N3O4/c1-4-6-7-13-12(19)14-10(16)8-15(3)9(5-2)11(17)18/h9H,4-8H2,1-3H3,(H,17,18)(H2,13,14,16,19). The molecule has 0 bridgehead atoms. The average molecular weight is 273 g/mol. The van der Waals surface area contributed by atoms with Gasteiger partial charge in [0.15, 0.2) is 0 Å². The van der Waals surface area contributed by atoms with Gasteiger partial charge in [0.05, 0.1) is 6.54 Å². The number of likely N-dealkylation sites (N-methyl/N-ethyl adjacent to an activating group) is 1. The number of nitrogens with one attached hydrogen (secondary N) is 2. The molecule has 7 heteroatoms. The van der Waals surface area contributed by atoms with E-state index in [0.29, 0.717) is 13.0 Å². The molecule has 0 aliphatic rings. The summed E-state index contributed by atoms with van der Waals surface area (Å²) >= 11 is 0. The molecule has 0 aliphatic carbocycles. The number of carbonyl (C=O) groups excluding carboxylic acids is 2. The minimum absolute atomic E-state index is 0.133. The number of rotatable bonds is 8. The molecule has 0 aromatic rings. The average Bonchev–Trinajstić information content (AvgIpc) is 2.29. The first-order chi connectivity index (χ1) is 8.92. The highest BCUT2D eigenvalue weighted by Crippen LogP contribution is 2.01. The fourth-order valence-electron chi connectivity index (χ4n) is 1.60. The van der Waals surface area contributed by atoms with Crippen LogP contribution in [0.15, 0.2) is 0 Å². The van der Waals surface area contributed by atoms with Gasteiger partial charge in [0.1, 0.15) is 6.04 Å². The molecule has 19 heavy (non-hydrogen) atoms. The van der Waals surface area contributed by atoms with Crippen LogP contribution < -0.4 is 10.6 Å². The molecule has 3 amide bonds. The van der Waals surface area contributed by atoms with Gasteiger partial charge in [-0.1, -0.05) is 20.3 Å². The van der Waals surface area contributed by atoms with Crippen LogP contribution in [0.25, 0.3) is 0 Å². The van der Waals surface area contributed by atoms with Crippen molar-refractivity contribution < 1.29 is 19.5 Å². The quantitative estimate of drug-likeness (QED) is 0.556. The number of nitrogens with zero attached hydrogens (tertiary/aromatic N) is 1. The molecule has 0 radical (unpaired) electrons. The summed E-state index contributed by atoms with van der Waals surface area (Å²) in [6.45, 7) is 4.10. The smallest absolute Gasteiger partial charge is 0.321 e. The fourth-order valence-corrected chi connectivity index (χ4v) is 1.60. The molecule has 7 nitrogen and oxygen atoms in total. The fraction of sp³-hybridized carbons (Fsp3) is 0.750. The van der Waals surface area contributed by atoms with Crippen molar-refractivity contribution in [2.24, 2.45) is 0 Å². The van der Waals surface area contributed by atoms with Crippen LogP contribution in [-0.4, -0.2) is 54.1 Å². The van der Waals surface area contributed by atoms with Gasteiger partial charge in [0.25, 0.3) is 0 Å². The van der Waals surface area contributed by atoms with Gasteiger partial charge in [-0.25, -0.2) is 4.79 Å². The van der Waals surface area contributed by atoms with E-state index in [2.05, 4.69) is 10.6 Å². The molecule has 1 atom stereocenters. The van der Waals surface area contributed by atoms with Crippen LogP contribution >= 0.6 is 0 Å². The van der Waals surface area contributed by atoms with Crippen molar-refractivity contribution in [2.75, 3.05) is 20.1 Å². The first-order valence-electron chi connectivity index (χ1n) is 6.43. The van der Waals surface area contributed by atoms with Crippen molar-refractivity contribution in [2.45, 2.75) is 39.2 Å². The van der Waals surface area contributed by atoms with E-state index < -0.39 is 23.9 Å². The molecule has 0 aliphatic heterocycles. The lowest BCUT2D eigenvalue weighted by Gasteiger charge is -2.22. The van der Waals surface area contributed by atoms with Gasteiger partial charge in [0, 0.05) is 6.54 Å². The van der Waals surface area contributed by atoms with Crippen LogP contribution in [-0.2, 0) is 9.59 Å². The second-order valence-corrected chi connectivity index (χ2v) is 4.34. The predicted molar refractivity (Wildman–Crippen MR) is 70.8 cm³/mol. The van der Waals surface area contributed by atoms with Gasteiger partial charge in [-0.15, -0.1) is 0 Å². The van der Waals surface area contributed by atoms with E-state index in [0.717, 1.165) is 12.8 Å². The minimum Gasteiger partial charge on any atom is -0.480 e. The Morgan fingerprint density at radius 1 is 1.26 bits per heavy atom. The van der Waals surface area contributed by atoms with Gasteiger partial charge < -0.3 is 10.4 Å². The number of hydrogen-bond donors (Lipinski definition) is 3. The van der Waals surface area contributed by atoms with Gasteiger partial charge in [0.2, 0.25) is 5.91 Å². The second kappa shape index (κ2) is 9.32. The number of aliphatic carboxylic acids is 1. The van der Waals surface area contributed by atoms with Gasteiger partial charge in [-0.3, -0.25) is 19.8 Å². The first-order valence-corrected chi connectivity index (χ1v) is 6.43. The molecule has 0 fully saturated rings. The zero-order valence-electron chi connectivity index (χ0n) is 11.7. The molecule has 110 valence electrons. The van der Waals surface area contributed by atoms with E-state index in [1.54, 1.807) is 6.92 Å². The summed E-state index contributed by atoms with van der Waals surface area (Å²) in [6.07, 6.45) is 2.19. The Bertz CT molecular complexity index is 320. The molecule has 0 saturated carbocycles. The third-order valence-electron chi connectivity index (χ3n) is 2.67. The third kappa shape index (κ3) is 7.40. The van der Waals surface area contributed by atoms with Crippen LogP contribution in [0.2, 0.25) is 0 Å². The van der Waals surface area contributed by atoms with Crippen molar-refractivity contribution in [3.05, 3.63) is 0 Å². The Morgan fingerprint density at radius 2 is 1.89 bits per heavy atom. The number of carbonyl (C=O) groups is 3. The molecular weight excluding hydrogens is 250 g/mol. The Kier molecular flexibility index (Phi) is 8.52. The van der Waals surface area contributed by atoms with E-state index in [1.807, 2.05) is 6.92 Å². The molecular formula is C12H23N3O4. The van der Waals surface area contributed by atoms with E-state index in [-0.39, 0.29) is 6.54 Å². The first kappa shape index (κ1) is 17.4. The summed E-state index contributed by atoms with van der Waals surface area (Å²) in [4.78, 5) is 35.1. The molecule has 0 saturated heterocycles. The Hall–Kier alpha value is -1.63. The van der Waals surface area contributed by atoms with Crippen LogP contribution in [0, 0.1) is 0 Å². The molecule has 3 N–H and O–H groups in total. The Morgan fingerprint density at radius 3 is 2.37 bits per heavy atom. The van der Waals surface area contributed by atoms with Crippen molar-refractivity contribution in [1.29, 1.82) is 0 Å². The number of amides is 3. The SMILES string of the molecule is CCCCNC(=O)NC(=O)CN(C)C(CC)C(=O)O. The summed E-state index contributed by atoms with van der Waals surface area (Å²) in [5.74, 6) is -1.50. The molecule has 0 rings (SSSR count). The number of imide groups is 1. The second-order valence-electron chi connectivity index (χ2n) is 4.34. The number of carboxylic acids is 1. The lowest BCUT2D eigenvalue weighted by Crippen LogP contribution is -2.47. The molecule has 0 spiro atoms. The van der Waals surface area contributed by atoms with E-state index >= 15 is 0 Å². The highest BCUT2D eigenvalue weighted by molar-refractivity contribution is 5.95. The minimum atomic E-state index is -0.981. The number of unbranched alkanes of at least 4 members (excludes halogenated alkanes) is 1. The van der Waals surface area contributed by atoms with Crippen LogP contribution in [0.3, 0.4) is 0 Å². The largest absolute Gasteiger partial charge is 0.480 e. The zero-order valence-corrected chi connectivity index (χ0v) is 11.7. The molecule has 0 heterocycles. The summed E-state index contributed by atoms with van der Waals surface area (Å²) in [5, 5.41) is 13.6. The van der Waals surface area contributed by atoms with Crippen molar-refractivity contribution >= 4 is 17.9 Å². The van der Waals surface area contributed by atoms with Gasteiger partial charge >= 0.3 is 12.0 Å². The van der Waals surface area contributed by atoms with Crippen LogP contribution in [0.4, 0.5) is 4.79 Å². The number of urea groups is 1. The molecule has 1 unspecified atom stereocenters. The lowest BCUT2D eigenvalue weighted by atomic mass is 10.2. The van der Waals surface area contributed by atoms with Crippen LogP contribution in [0.1, 0.15) is 33.1 Å². The Labute approximate surface area is 113 Å². The monoisotopic (exact) mass is 273 g/mol. The number of hydrogen-bond acceptors (Lipinski definition) is 4. The van der Waals surface area contributed by atoms with Crippen molar-refractivity contribution in [3.63, 3.8) is 0 Å². The summed E-state index contributed by atoms with van der Waals surface area (Å²) in [5.41, 5.74) is 0. The summed E-state index contributed by atoms with van der Waals surface area (Å²) in [7, 11) is 1.54. The maximum Gasteiger partial charge on any atom is 0.321 e. The lowest BCUT2D eigenvalue weighted by molar-refractivity contribution is -0.143. The van der Waals surface area contributed by atoms with Crippen molar-refractivity contribution in [3.8, 4) is 0 Å². The highest BCUT2D eigenvalue weighted by Gasteiger charge is 2.22. The van der Waals surface area contributed by atoms with E-state index in [4.69, 9.17) is 5.11 Å². The van der Waals surface area contributed by atoms with Gasteiger partial charge in [-0.2, -0.15) is 0 Å². The predicted octanol–water partition coefficient (Wildman–Crippen LogP) is 0.407. The zero-order chi connectivity index (χ0) is 14.8. The van der Waals surface area contributed by atoms with E-state index in [1.165, 1.54) is 11.9 Å². The normalized spacial score (nSPS) is 12.0. The molecule has 0 aromatic heterocycles. The molecule has 0 aromatic carbocycles. The van der Waals surface area contributed by atoms with Crippen molar-refractivity contribution in [1.82, 2.24) is 15.5 Å². The van der Waals surface area contributed by atoms with E-state index in [9.17, 15) is 14.4 Å². The maximum atomic E-state index is 11.5. The number of carboxylic acid groups (broad SMARTS) is 1. The Balaban J connectivity index is 4.09. The third-order valence-corrected chi connectivity index (χ3v) is 2.67. The maximum absolute atomic E-state index is 11.5. The highest BCUT2D eigenvalue weighted by atomic mass is 16.4. The van der Waals surface area contributed by atoms with Crippen LogP contribution in [0.5, 0.6) is 0 Å². The summed E-state index contributed by atoms with van der Waals surface area (Å²) in [6, 6.07) is -1.27. The summed E-state index contributed by atoms with van der Waals surface area (Å²) < 4.78 is 0.